The highest BCUT2D eigenvalue weighted by Crippen LogP contribution is 2.38. The molecule has 174 valence electrons. The molecule has 0 spiro atoms. The van der Waals surface area contributed by atoms with Crippen LogP contribution in [0.4, 0.5) is 0 Å². The highest BCUT2D eigenvalue weighted by Gasteiger charge is 2.22. The summed E-state index contributed by atoms with van der Waals surface area (Å²) in [4.78, 5) is 23.6. The molecule has 3 aromatic carbocycles. The lowest BCUT2D eigenvalue weighted by Crippen LogP contribution is -2.10. The molecule has 0 saturated carbocycles. The Labute approximate surface area is 214 Å². The molecule has 0 amide bonds. The molecule has 5 heteroatoms. The molecule has 0 aliphatic rings. The minimum Gasteiger partial charge on any atom is -0.423 e. The van der Waals surface area contributed by atoms with Crippen molar-refractivity contribution in [1.29, 1.82) is 0 Å². The second-order valence-corrected chi connectivity index (χ2v) is 9.45. The van der Waals surface area contributed by atoms with Crippen molar-refractivity contribution in [2.75, 3.05) is 0 Å². The first-order chi connectivity index (χ1) is 16.1. The zero-order valence-corrected chi connectivity index (χ0v) is 21.9. The number of benzene rings is 3. The van der Waals surface area contributed by atoms with E-state index in [1.807, 2.05) is 27.7 Å². The monoisotopic (exact) mass is 566 g/mol. The van der Waals surface area contributed by atoms with Crippen LogP contribution >= 0.6 is 22.6 Å². The van der Waals surface area contributed by atoms with Gasteiger partial charge < -0.3 is 9.47 Å². The Morgan fingerprint density at radius 3 is 1.38 bits per heavy atom. The lowest BCUT2D eigenvalue weighted by Gasteiger charge is -2.23. The summed E-state index contributed by atoms with van der Waals surface area (Å²) in [6.07, 6.45) is 2.32. The van der Waals surface area contributed by atoms with Crippen molar-refractivity contribution in [2.45, 2.75) is 33.6 Å². The standard InChI is InChI=1S/C29H27IO4/c1-7-25(31)33-28-17(3)13-22(14-18(28)4)27(21-9-11-24(30)12-10-21)23-15-19(5)29(20(6)16-23)34-26(32)8-2/h7-16,27H,1-2H2,3-6H3. The zero-order valence-electron chi connectivity index (χ0n) is 19.8. The number of carbonyl (C=O) groups is 2. The summed E-state index contributed by atoms with van der Waals surface area (Å²) in [7, 11) is 0. The van der Waals surface area contributed by atoms with E-state index < -0.39 is 11.9 Å². The molecular weight excluding hydrogens is 539 g/mol. The van der Waals surface area contributed by atoms with E-state index in [1.165, 1.54) is 0 Å². The third-order valence-electron chi connectivity index (χ3n) is 5.57. The summed E-state index contributed by atoms with van der Waals surface area (Å²) >= 11 is 2.30. The van der Waals surface area contributed by atoms with Crippen molar-refractivity contribution in [3.05, 3.63) is 116 Å². The molecule has 0 aromatic heterocycles. The minimum absolute atomic E-state index is 0.0693. The van der Waals surface area contributed by atoms with E-state index in [9.17, 15) is 9.59 Å². The van der Waals surface area contributed by atoms with E-state index in [2.05, 4.69) is 84.3 Å². The van der Waals surface area contributed by atoms with Gasteiger partial charge in [-0.2, -0.15) is 0 Å². The first-order valence-electron chi connectivity index (χ1n) is 10.8. The van der Waals surface area contributed by atoms with Crippen LogP contribution in [0.25, 0.3) is 0 Å². The number of hydrogen-bond acceptors (Lipinski definition) is 4. The Morgan fingerprint density at radius 2 is 1.06 bits per heavy atom. The SMILES string of the molecule is C=CC(=O)Oc1c(C)cc(C(c2ccc(I)cc2)c2cc(C)c(OC(=O)C=C)c(C)c2)cc1C. The van der Waals surface area contributed by atoms with Crippen LogP contribution in [-0.2, 0) is 9.59 Å². The van der Waals surface area contributed by atoms with Crippen molar-refractivity contribution in [2.24, 2.45) is 0 Å². The number of carbonyl (C=O) groups excluding carboxylic acids is 2. The molecule has 0 heterocycles. The number of rotatable bonds is 7. The first-order valence-corrected chi connectivity index (χ1v) is 11.9. The number of hydrogen-bond donors (Lipinski definition) is 0. The second-order valence-electron chi connectivity index (χ2n) is 8.20. The average molecular weight is 566 g/mol. The first kappa shape index (κ1) is 25.4. The van der Waals surface area contributed by atoms with Crippen LogP contribution in [0.1, 0.15) is 44.9 Å². The molecule has 4 nitrogen and oxygen atoms in total. The Kier molecular flexibility index (Phi) is 8.10. The summed E-state index contributed by atoms with van der Waals surface area (Å²) in [6, 6.07) is 16.6. The third kappa shape index (κ3) is 5.65. The van der Waals surface area contributed by atoms with E-state index in [1.54, 1.807) is 0 Å². The summed E-state index contributed by atoms with van der Waals surface area (Å²) in [6.45, 7) is 14.7. The van der Waals surface area contributed by atoms with Gasteiger partial charge >= 0.3 is 11.9 Å². The summed E-state index contributed by atoms with van der Waals surface area (Å²) in [5.74, 6) is 0.0660. The van der Waals surface area contributed by atoms with Crippen molar-refractivity contribution < 1.29 is 19.1 Å². The van der Waals surface area contributed by atoms with E-state index in [4.69, 9.17) is 9.47 Å². The number of aryl methyl sites for hydroxylation is 4. The molecule has 0 fully saturated rings. The summed E-state index contributed by atoms with van der Waals surface area (Å²) in [5, 5.41) is 0. The number of halogens is 1. The van der Waals surface area contributed by atoms with Crippen LogP contribution in [0.3, 0.4) is 0 Å². The van der Waals surface area contributed by atoms with E-state index in [-0.39, 0.29) is 5.92 Å². The van der Waals surface area contributed by atoms with Gasteiger partial charge in [0.2, 0.25) is 0 Å². The maximum atomic E-state index is 11.8. The third-order valence-corrected chi connectivity index (χ3v) is 6.29. The summed E-state index contributed by atoms with van der Waals surface area (Å²) < 4.78 is 12.1. The Hall–Kier alpha value is -3.19. The topological polar surface area (TPSA) is 52.6 Å². The van der Waals surface area contributed by atoms with Crippen LogP contribution in [0.5, 0.6) is 11.5 Å². The molecule has 0 unspecified atom stereocenters. The van der Waals surface area contributed by atoms with E-state index in [0.717, 1.165) is 54.7 Å². The van der Waals surface area contributed by atoms with Crippen molar-refractivity contribution in [3.8, 4) is 11.5 Å². The molecule has 0 bridgehead atoms. The largest absolute Gasteiger partial charge is 0.423 e. The van der Waals surface area contributed by atoms with Gasteiger partial charge in [0.25, 0.3) is 0 Å². The molecule has 0 aliphatic carbocycles. The fraction of sp³-hybridized carbons (Fsp3) is 0.172. The molecule has 0 N–H and O–H groups in total. The smallest absolute Gasteiger partial charge is 0.335 e. The quantitative estimate of drug-likeness (QED) is 0.103. The number of ether oxygens (including phenoxy) is 2. The Morgan fingerprint density at radius 1 is 0.706 bits per heavy atom. The lowest BCUT2D eigenvalue weighted by atomic mass is 9.82. The number of esters is 2. The van der Waals surface area contributed by atoms with Crippen LogP contribution in [-0.4, -0.2) is 11.9 Å². The van der Waals surface area contributed by atoms with Gasteiger partial charge in [-0.15, -0.1) is 0 Å². The average Bonchev–Trinajstić information content (AvgIpc) is 2.79. The van der Waals surface area contributed by atoms with Crippen LogP contribution in [0, 0.1) is 31.3 Å². The fourth-order valence-electron chi connectivity index (χ4n) is 4.14. The van der Waals surface area contributed by atoms with Crippen molar-refractivity contribution in [3.63, 3.8) is 0 Å². The van der Waals surface area contributed by atoms with Gasteiger partial charge in [-0.1, -0.05) is 49.6 Å². The van der Waals surface area contributed by atoms with Crippen molar-refractivity contribution in [1.82, 2.24) is 0 Å². The maximum Gasteiger partial charge on any atom is 0.335 e. The lowest BCUT2D eigenvalue weighted by molar-refractivity contribution is -0.129. The second kappa shape index (κ2) is 10.8. The van der Waals surface area contributed by atoms with Gasteiger partial charge in [-0.3, -0.25) is 0 Å². The predicted octanol–water partition coefficient (Wildman–Crippen LogP) is 6.89. The van der Waals surface area contributed by atoms with Gasteiger partial charge in [0.15, 0.2) is 0 Å². The van der Waals surface area contributed by atoms with E-state index >= 15 is 0 Å². The fourth-order valence-corrected chi connectivity index (χ4v) is 4.50. The molecule has 3 rings (SSSR count). The van der Waals surface area contributed by atoms with Crippen LogP contribution < -0.4 is 9.47 Å². The Bertz CT molecular complexity index is 1150. The van der Waals surface area contributed by atoms with Crippen LogP contribution in [0.2, 0.25) is 0 Å². The van der Waals surface area contributed by atoms with Gasteiger partial charge in [0.05, 0.1) is 0 Å². The molecule has 34 heavy (non-hydrogen) atoms. The minimum atomic E-state index is -0.482. The molecule has 0 saturated heterocycles. The zero-order chi connectivity index (χ0) is 25.0. The molecule has 0 aliphatic heterocycles. The molecule has 3 aromatic rings. The molecule has 0 radical (unpaired) electrons. The molecule has 0 atom stereocenters. The normalized spacial score (nSPS) is 10.6. The molecular formula is C29H27IO4. The van der Waals surface area contributed by atoms with Gasteiger partial charge in [0.1, 0.15) is 11.5 Å². The van der Waals surface area contributed by atoms with E-state index in [0.29, 0.717) is 11.5 Å². The highest BCUT2D eigenvalue weighted by atomic mass is 127. The maximum absolute atomic E-state index is 11.8. The van der Waals surface area contributed by atoms with Gasteiger partial charge in [0, 0.05) is 21.6 Å². The van der Waals surface area contributed by atoms with Crippen LogP contribution in [0.15, 0.2) is 73.8 Å². The van der Waals surface area contributed by atoms with Gasteiger partial charge in [-0.25, -0.2) is 9.59 Å². The predicted molar refractivity (Wildman–Crippen MR) is 144 cm³/mol. The highest BCUT2D eigenvalue weighted by molar-refractivity contribution is 14.1. The van der Waals surface area contributed by atoms with Gasteiger partial charge in [-0.05, 0) is 101 Å². The van der Waals surface area contributed by atoms with Crippen molar-refractivity contribution >= 4 is 34.5 Å². The summed E-state index contributed by atoms with van der Waals surface area (Å²) in [5.41, 5.74) is 6.74. The Balaban J connectivity index is 2.17.